The minimum atomic E-state index is -0.163. The van der Waals surface area contributed by atoms with Crippen LogP contribution < -0.4 is 10.6 Å². The third-order valence-electron chi connectivity index (χ3n) is 3.37. The Morgan fingerprint density at radius 3 is 2.30 bits per heavy atom. The van der Waals surface area contributed by atoms with Crippen LogP contribution in [0.25, 0.3) is 0 Å². The zero-order valence-electron chi connectivity index (χ0n) is 13.4. The van der Waals surface area contributed by atoms with Gasteiger partial charge in [-0.25, -0.2) is 0 Å². The smallest absolute Gasteiger partial charge is 0.236 e. The van der Waals surface area contributed by atoms with Crippen molar-refractivity contribution in [2.45, 2.75) is 59.0 Å². The number of rotatable bonds is 6. The molecular formula is C17H28N2O. The van der Waals surface area contributed by atoms with Crippen molar-refractivity contribution in [3.63, 3.8) is 0 Å². The molecule has 0 spiro atoms. The van der Waals surface area contributed by atoms with Gasteiger partial charge in [-0.15, -0.1) is 0 Å². The molecule has 0 fully saturated rings. The molecule has 0 saturated heterocycles. The summed E-state index contributed by atoms with van der Waals surface area (Å²) in [6.07, 6.45) is 0.965. The first-order valence-electron chi connectivity index (χ1n) is 7.45. The van der Waals surface area contributed by atoms with E-state index in [1.165, 1.54) is 11.1 Å². The Hall–Kier alpha value is -1.35. The van der Waals surface area contributed by atoms with Crippen LogP contribution in [-0.2, 0) is 16.8 Å². The summed E-state index contributed by atoms with van der Waals surface area (Å²) in [5, 5.41) is 6.15. The third kappa shape index (κ3) is 5.33. The van der Waals surface area contributed by atoms with E-state index in [4.69, 9.17) is 0 Å². The van der Waals surface area contributed by atoms with Gasteiger partial charge in [-0.1, -0.05) is 52.0 Å². The number of hydrogen-bond acceptors (Lipinski definition) is 2. The SMILES string of the molecule is CCCNC(=O)C(C)NCc1ccc(C(C)(C)C)cc1. The van der Waals surface area contributed by atoms with Crippen LogP contribution in [0.2, 0.25) is 0 Å². The minimum absolute atomic E-state index is 0.0677. The summed E-state index contributed by atoms with van der Waals surface area (Å²) in [7, 11) is 0. The Kier molecular flexibility index (Phi) is 6.21. The van der Waals surface area contributed by atoms with Gasteiger partial charge in [-0.05, 0) is 29.9 Å². The summed E-state index contributed by atoms with van der Waals surface area (Å²) in [4.78, 5) is 11.7. The van der Waals surface area contributed by atoms with Gasteiger partial charge >= 0.3 is 0 Å². The average Bonchev–Trinajstić information content (AvgIpc) is 2.41. The van der Waals surface area contributed by atoms with E-state index in [0.717, 1.165) is 13.0 Å². The lowest BCUT2D eigenvalue weighted by Gasteiger charge is -2.19. The van der Waals surface area contributed by atoms with Gasteiger partial charge in [-0.3, -0.25) is 4.79 Å². The highest BCUT2D eigenvalue weighted by Gasteiger charge is 2.14. The second-order valence-electron chi connectivity index (χ2n) is 6.34. The van der Waals surface area contributed by atoms with Crippen LogP contribution in [0.1, 0.15) is 52.2 Å². The van der Waals surface area contributed by atoms with Crippen molar-refractivity contribution in [3.05, 3.63) is 35.4 Å². The number of benzene rings is 1. The number of nitrogens with one attached hydrogen (secondary N) is 2. The molecule has 1 amide bonds. The van der Waals surface area contributed by atoms with Gasteiger partial charge in [0.05, 0.1) is 6.04 Å². The fourth-order valence-corrected chi connectivity index (χ4v) is 1.89. The predicted molar refractivity (Wildman–Crippen MR) is 84.7 cm³/mol. The molecule has 1 rings (SSSR count). The van der Waals surface area contributed by atoms with Gasteiger partial charge < -0.3 is 10.6 Å². The van der Waals surface area contributed by atoms with Crippen molar-refractivity contribution < 1.29 is 4.79 Å². The normalized spacial score (nSPS) is 13.1. The lowest BCUT2D eigenvalue weighted by molar-refractivity contribution is -0.122. The van der Waals surface area contributed by atoms with Gasteiger partial charge in [-0.2, -0.15) is 0 Å². The molecule has 0 aliphatic rings. The van der Waals surface area contributed by atoms with E-state index in [9.17, 15) is 4.79 Å². The highest BCUT2D eigenvalue weighted by Crippen LogP contribution is 2.22. The van der Waals surface area contributed by atoms with Gasteiger partial charge in [0.2, 0.25) is 5.91 Å². The molecule has 1 aromatic rings. The van der Waals surface area contributed by atoms with E-state index in [2.05, 4.69) is 62.6 Å². The van der Waals surface area contributed by atoms with Gasteiger partial charge in [0.25, 0.3) is 0 Å². The minimum Gasteiger partial charge on any atom is -0.355 e. The summed E-state index contributed by atoms with van der Waals surface area (Å²) < 4.78 is 0. The molecule has 3 heteroatoms. The standard InChI is InChI=1S/C17H28N2O/c1-6-11-18-16(20)13(2)19-12-14-7-9-15(10-8-14)17(3,4)5/h7-10,13,19H,6,11-12H2,1-5H3,(H,18,20). The number of hydrogen-bond donors (Lipinski definition) is 2. The van der Waals surface area contributed by atoms with E-state index in [1.807, 2.05) is 6.92 Å². The van der Waals surface area contributed by atoms with Crippen LogP contribution in [0.5, 0.6) is 0 Å². The average molecular weight is 276 g/mol. The van der Waals surface area contributed by atoms with Gasteiger partial charge in [0.15, 0.2) is 0 Å². The molecule has 0 aliphatic carbocycles. The molecule has 1 unspecified atom stereocenters. The van der Waals surface area contributed by atoms with Crippen molar-refractivity contribution in [2.24, 2.45) is 0 Å². The first-order valence-corrected chi connectivity index (χ1v) is 7.45. The molecule has 0 saturated carbocycles. The molecule has 0 aliphatic heterocycles. The first-order chi connectivity index (χ1) is 9.34. The second kappa shape index (κ2) is 7.44. The maximum atomic E-state index is 11.7. The van der Waals surface area contributed by atoms with Crippen molar-refractivity contribution in [1.29, 1.82) is 0 Å². The first kappa shape index (κ1) is 16.7. The van der Waals surface area contributed by atoms with Crippen LogP contribution in [0, 0.1) is 0 Å². The lowest BCUT2D eigenvalue weighted by atomic mass is 9.87. The molecule has 3 nitrogen and oxygen atoms in total. The van der Waals surface area contributed by atoms with Crippen LogP contribution in [0.4, 0.5) is 0 Å². The Labute approximate surface area is 123 Å². The summed E-state index contributed by atoms with van der Waals surface area (Å²) in [5.74, 6) is 0.0677. The second-order valence-corrected chi connectivity index (χ2v) is 6.34. The third-order valence-corrected chi connectivity index (χ3v) is 3.37. The van der Waals surface area contributed by atoms with Crippen molar-refractivity contribution in [2.75, 3.05) is 6.54 Å². The highest BCUT2D eigenvalue weighted by molar-refractivity contribution is 5.81. The van der Waals surface area contributed by atoms with Gasteiger partial charge in [0.1, 0.15) is 0 Å². The monoisotopic (exact) mass is 276 g/mol. The van der Waals surface area contributed by atoms with E-state index in [0.29, 0.717) is 6.54 Å². The maximum Gasteiger partial charge on any atom is 0.236 e. The van der Waals surface area contributed by atoms with Crippen molar-refractivity contribution in [1.82, 2.24) is 10.6 Å². The topological polar surface area (TPSA) is 41.1 Å². The zero-order valence-corrected chi connectivity index (χ0v) is 13.4. The Morgan fingerprint density at radius 2 is 1.80 bits per heavy atom. The largest absolute Gasteiger partial charge is 0.355 e. The summed E-state index contributed by atoms with van der Waals surface area (Å²) in [6.45, 7) is 12.0. The number of amides is 1. The van der Waals surface area contributed by atoms with Crippen LogP contribution in [-0.4, -0.2) is 18.5 Å². The molecule has 112 valence electrons. The molecule has 0 radical (unpaired) electrons. The quantitative estimate of drug-likeness (QED) is 0.838. The van der Waals surface area contributed by atoms with E-state index < -0.39 is 0 Å². The maximum absolute atomic E-state index is 11.7. The van der Waals surface area contributed by atoms with Crippen molar-refractivity contribution in [3.8, 4) is 0 Å². The Morgan fingerprint density at radius 1 is 1.20 bits per heavy atom. The molecular weight excluding hydrogens is 248 g/mol. The van der Waals surface area contributed by atoms with E-state index in [-0.39, 0.29) is 17.4 Å². The molecule has 0 heterocycles. The lowest BCUT2D eigenvalue weighted by Crippen LogP contribution is -2.42. The van der Waals surface area contributed by atoms with E-state index in [1.54, 1.807) is 0 Å². The number of carbonyl (C=O) groups is 1. The predicted octanol–water partition coefficient (Wildman–Crippen LogP) is 2.99. The molecule has 1 aromatic carbocycles. The highest BCUT2D eigenvalue weighted by atomic mass is 16.2. The summed E-state index contributed by atoms with van der Waals surface area (Å²) >= 11 is 0. The summed E-state index contributed by atoms with van der Waals surface area (Å²) in [5.41, 5.74) is 2.71. The Bertz CT molecular complexity index is 418. The zero-order chi connectivity index (χ0) is 15.2. The van der Waals surface area contributed by atoms with Gasteiger partial charge in [0, 0.05) is 13.1 Å². The van der Waals surface area contributed by atoms with Crippen LogP contribution >= 0.6 is 0 Å². The van der Waals surface area contributed by atoms with E-state index >= 15 is 0 Å². The molecule has 0 bridgehead atoms. The fraction of sp³-hybridized carbons (Fsp3) is 0.588. The van der Waals surface area contributed by atoms with Crippen molar-refractivity contribution >= 4 is 5.91 Å². The molecule has 1 atom stereocenters. The fourth-order valence-electron chi connectivity index (χ4n) is 1.89. The molecule has 20 heavy (non-hydrogen) atoms. The summed E-state index contributed by atoms with van der Waals surface area (Å²) in [6, 6.07) is 8.43. The number of carbonyl (C=O) groups excluding carboxylic acids is 1. The van der Waals surface area contributed by atoms with Crippen LogP contribution in [0.3, 0.4) is 0 Å². The Balaban J connectivity index is 2.48. The molecule has 0 aromatic heterocycles. The van der Waals surface area contributed by atoms with Crippen LogP contribution in [0.15, 0.2) is 24.3 Å². The molecule has 2 N–H and O–H groups in total.